The highest BCUT2D eigenvalue weighted by Crippen LogP contribution is 2.17. The van der Waals surface area contributed by atoms with E-state index in [9.17, 15) is 0 Å². The monoisotopic (exact) mass is 305 g/mol. The van der Waals surface area contributed by atoms with E-state index in [-0.39, 0.29) is 5.54 Å². The van der Waals surface area contributed by atoms with Gasteiger partial charge in [0.25, 0.3) is 0 Å². The van der Waals surface area contributed by atoms with Crippen molar-refractivity contribution in [2.75, 3.05) is 6.61 Å². The zero-order valence-electron chi connectivity index (χ0n) is 13.1. The summed E-state index contributed by atoms with van der Waals surface area (Å²) >= 11 is 1.68. The van der Waals surface area contributed by atoms with Crippen LogP contribution in [0.25, 0.3) is 0 Å². The van der Waals surface area contributed by atoms with E-state index in [1.165, 1.54) is 4.88 Å². The van der Waals surface area contributed by atoms with Crippen LogP contribution in [0.1, 0.15) is 36.9 Å². The van der Waals surface area contributed by atoms with Crippen molar-refractivity contribution in [3.8, 4) is 5.88 Å². The largest absolute Gasteiger partial charge is 0.477 e. The van der Waals surface area contributed by atoms with Gasteiger partial charge in [-0.25, -0.2) is 9.97 Å². The fourth-order valence-corrected chi connectivity index (χ4v) is 2.62. The molecule has 0 aliphatic heterocycles. The fourth-order valence-electron chi connectivity index (χ4n) is 1.86. The highest BCUT2D eigenvalue weighted by atomic mass is 32.1. The van der Waals surface area contributed by atoms with Gasteiger partial charge in [-0.2, -0.15) is 0 Å². The van der Waals surface area contributed by atoms with Crippen molar-refractivity contribution in [2.24, 2.45) is 0 Å². The summed E-state index contributed by atoms with van der Waals surface area (Å²) in [6.07, 6.45) is 2.65. The Morgan fingerprint density at radius 2 is 2.10 bits per heavy atom. The Kier molecular flexibility index (Phi) is 5.31. The number of rotatable bonds is 6. The minimum atomic E-state index is 0.0763. The summed E-state index contributed by atoms with van der Waals surface area (Å²) < 4.78 is 5.86. The van der Waals surface area contributed by atoms with Gasteiger partial charge in [0, 0.05) is 35.1 Å². The van der Waals surface area contributed by atoms with E-state index in [4.69, 9.17) is 4.74 Å². The molecule has 1 N–H and O–H groups in total. The molecule has 0 fully saturated rings. The Bertz CT molecular complexity index is 575. The second-order valence-electron chi connectivity index (χ2n) is 6.03. The second kappa shape index (κ2) is 7.00. The summed E-state index contributed by atoms with van der Waals surface area (Å²) in [6, 6.07) is 4.00. The third-order valence-electron chi connectivity index (χ3n) is 3.07. The average Bonchev–Trinajstić information content (AvgIpc) is 2.82. The van der Waals surface area contributed by atoms with Crippen molar-refractivity contribution in [1.82, 2.24) is 15.3 Å². The number of hydrogen-bond donors (Lipinski definition) is 1. The molecule has 0 aliphatic rings. The maximum atomic E-state index is 5.86. The van der Waals surface area contributed by atoms with Crippen molar-refractivity contribution < 1.29 is 4.74 Å². The predicted octanol–water partition coefficient (Wildman–Crippen LogP) is 3.36. The van der Waals surface area contributed by atoms with Crippen LogP contribution in [-0.4, -0.2) is 22.1 Å². The van der Waals surface area contributed by atoms with Crippen molar-refractivity contribution in [3.63, 3.8) is 0 Å². The molecule has 2 aromatic rings. The maximum Gasteiger partial charge on any atom is 0.217 e. The molecule has 5 heteroatoms. The van der Waals surface area contributed by atoms with Gasteiger partial charge in [-0.15, -0.1) is 11.3 Å². The summed E-state index contributed by atoms with van der Waals surface area (Å²) in [5, 5.41) is 3.46. The van der Waals surface area contributed by atoms with Gasteiger partial charge < -0.3 is 10.1 Å². The first-order valence-corrected chi connectivity index (χ1v) is 8.04. The molecule has 0 radical (unpaired) electrons. The SMILES string of the molecule is Cc1ncsc1CCOc1ncccc1CNC(C)(C)C. The molecule has 0 spiro atoms. The van der Waals surface area contributed by atoms with E-state index >= 15 is 0 Å². The molecule has 114 valence electrons. The Morgan fingerprint density at radius 1 is 1.29 bits per heavy atom. The van der Waals surface area contributed by atoms with Crippen molar-refractivity contribution in [2.45, 2.75) is 46.2 Å². The van der Waals surface area contributed by atoms with Gasteiger partial charge in [-0.1, -0.05) is 6.07 Å². The van der Waals surface area contributed by atoms with Crippen molar-refractivity contribution >= 4 is 11.3 Å². The molecule has 2 heterocycles. The molecule has 0 bridgehead atoms. The highest BCUT2D eigenvalue weighted by molar-refractivity contribution is 7.09. The lowest BCUT2D eigenvalue weighted by Gasteiger charge is -2.21. The predicted molar refractivity (Wildman–Crippen MR) is 86.9 cm³/mol. The second-order valence-corrected chi connectivity index (χ2v) is 6.97. The van der Waals surface area contributed by atoms with Gasteiger partial charge in [0.15, 0.2) is 0 Å². The van der Waals surface area contributed by atoms with Crippen LogP contribution in [0.15, 0.2) is 23.8 Å². The van der Waals surface area contributed by atoms with Crippen LogP contribution in [0, 0.1) is 6.92 Å². The first-order valence-electron chi connectivity index (χ1n) is 7.16. The minimum absolute atomic E-state index is 0.0763. The Hall–Kier alpha value is -1.46. The number of pyridine rings is 1. The number of aryl methyl sites for hydroxylation is 1. The molecule has 21 heavy (non-hydrogen) atoms. The molecule has 0 saturated carbocycles. The molecular formula is C16H23N3OS. The molecule has 0 aliphatic carbocycles. The number of aromatic nitrogens is 2. The van der Waals surface area contributed by atoms with E-state index in [2.05, 4.69) is 42.1 Å². The van der Waals surface area contributed by atoms with Crippen LogP contribution in [0.3, 0.4) is 0 Å². The minimum Gasteiger partial charge on any atom is -0.477 e. The molecule has 0 atom stereocenters. The van der Waals surface area contributed by atoms with Crippen LogP contribution in [0.4, 0.5) is 0 Å². The normalized spacial score (nSPS) is 11.6. The Morgan fingerprint density at radius 3 is 2.76 bits per heavy atom. The summed E-state index contributed by atoms with van der Waals surface area (Å²) in [4.78, 5) is 9.88. The molecule has 0 amide bonds. The van der Waals surface area contributed by atoms with Gasteiger partial charge in [0.1, 0.15) is 0 Å². The molecule has 0 unspecified atom stereocenters. The summed E-state index contributed by atoms with van der Waals surface area (Å²) in [6.45, 7) is 9.86. The molecule has 0 saturated heterocycles. The Balaban J connectivity index is 1.92. The van der Waals surface area contributed by atoms with Gasteiger partial charge >= 0.3 is 0 Å². The van der Waals surface area contributed by atoms with Crippen LogP contribution >= 0.6 is 11.3 Å². The number of hydrogen-bond acceptors (Lipinski definition) is 5. The Labute approximate surface area is 130 Å². The molecular weight excluding hydrogens is 282 g/mol. The number of thiazole rings is 1. The fraction of sp³-hybridized carbons (Fsp3) is 0.500. The average molecular weight is 305 g/mol. The standard InChI is InChI=1S/C16H23N3OS/c1-12-14(21-11-18-12)7-9-20-15-13(6-5-8-17-15)10-19-16(2,3)4/h5-6,8,11,19H,7,9-10H2,1-4H3. The number of nitrogens with zero attached hydrogens (tertiary/aromatic N) is 2. The van der Waals surface area contributed by atoms with Gasteiger partial charge in [-0.05, 0) is 33.8 Å². The first-order chi connectivity index (χ1) is 9.96. The molecule has 2 rings (SSSR count). The van der Waals surface area contributed by atoms with E-state index in [0.717, 1.165) is 30.1 Å². The summed E-state index contributed by atoms with van der Waals surface area (Å²) in [5.41, 5.74) is 4.14. The van der Waals surface area contributed by atoms with Crippen molar-refractivity contribution in [1.29, 1.82) is 0 Å². The maximum absolute atomic E-state index is 5.86. The number of ether oxygens (including phenoxy) is 1. The third-order valence-corrected chi connectivity index (χ3v) is 4.07. The zero-order chi connectivity index (χ0) is 15.3. The zero-order valence-corrected chi connectivity index (χ0v) is 14.0. The van der Waals surface area contributed by atoms with E-state index < -0.39 is 0 Å². The van der Waals surface area contributed by atoms with E-state index in [0.29, 0.717) is 6.61 Å². The van der Waals surface area contributed by atoms with Crippen LogP contribution in [-0.2, 0) is 13.0 Å². The molecule has 0 aromatic carbocycles. The van der Waals surface area contributed by atoms with E-state index in [1.54, 1.807) is 17.5 Å². The highest BCUT2D eigenvalue weighted by Gasteiger charge is 2.11. The van der Waals surface area contributed by atoms with Crippen molar-refractivity contribution in [3.05, 3.63) is 40.0 Å². The van der Waals surface area contributed by atoms with Crippen LogP contribution in [0.2, 0.25) is 0 Å². The van der Waals surface area contributed by atoms with Gasteiger partial charge in [0.05, 0.1) is 17.8 Å². The summed E-state index contributed by atoms with van der Waals surface area (Å²) in [5.74, 6) is 0.719. The lowest BCUT2D eigenvalue weighted by Crippen LogP contribution is -2.35. The lowest BCUT2D eigenvalue weighted by atomic mass is 10.1. The van der Waals surface area contributed by atoms with Crippen LogP contribution < -0.4 is 10.1 Å². The topological polar surface area (TPSA) is 47.0 Å². The smallest absolute Gasteiger partial charge is 0.217 e. The molecule has 2 aromatic heterocycles. The van der Waals surface area contributed by atoms with E-state index in [1.807, 2.05) is 18.5 Å². The first kappa shape index (κ1) is 15.9. The van der Waals surface area contributed by atoms with Crippen LogP contribution in [0.5, 0.6) is 5.88 Å². The number of nitrogens with one attached hydrogen (secondary N) is 1. The summed E-state index contributed by atoms with van der Waals surface area (Å²) in [7, 11) is 0. The molecule has 4 nitrogen and oxygen atoms in total. The van der Waals surface area contributed by atoms with Gasteiger partial charge in [0.2, 0.25) is 5.88 Å². The quantitative estimate of drug-likeness (QED) is 0.889. The lowest BCUT2D eigenvalue weighted by molar-refractivity contribution is 0.303. The van der Waals surface area contributed by atoms with Gasteiger partial charge in [-0.3, -0.25) is 0 Å². The third kappa shape index (κ3) is 5.10.